The number of halogens is 5. The van der Waals surface area contributed by atoms with Gasteiger partial charge in [-0.15, -0.1) is 0 Å². The average Bonchev–Trinajstić information content (AvgIpc) is 2.88. The quantitative estimate of drug-likeness (QED) is 0.691. The monoisotopic (exact) mass is 299 g/mol. The molecule has 0 aliphatic carbocycles. The Bertz CT molecular complexity index is 706. The molecule has 0 atom stereocenters. The van der Waals surface area contributed by atoms with Crippen molar-refractivity contribution >= 4 is 0 Å². The molecule has 1 radical (unpaired) electrons. The van der Waals surface area contributed by atoms with Crippen molar-refractivity contribution in [2.45, 2.75) is 12.6 Å². The predicted molar refractivity (Wildman–Crippen MR) is 65.4 cm³/mol. The van der Waals surface area contributed by atoms with Gasteiger partial charge >= 0.3 is 6.18 Å². The Morgan fingerprint density at radius 1 is 1.00 bits per heavy atom. The van der Waals surface area contributed by atoms with Crippen LogP contribution >= 0.6 is 0 Å². The van der Waals surface area contributed by atoms with Crippen molar-refractivity contribution < 1.29 is 26.7 Å². The highest BCUT2D eigenvalue weighted by atomic mass is 19.4. The van der Waals surface area contributed by atoms with E-state index in [9.17, 15) is 22.0 Å². The number of rotatable bonds is 1. The molecular formula is C15H8F5O. The molecule has 0 unspecified atom stereocenters. The van der Waals surface area contributed by atoms with Gasteiger partial charge in [-0.1, -0.05) is 12.1 Å². The molecule has 21 heavy (non-hydrogen) atoms. The van der Waals surface area contributed by atoms with Crippen LogP contribution in [0.25, 0.3) is 11.1 Å². The molecule has 0 bridgehead atoms. The molecule has 109 valence electrons. The zero-order chi connectivity index (χ0) is 15.2. The normalized spacial score (nSPS) is 14.0. The lowest BCUT2D eigenvalue weighted by Crippen LogP contribution is -2.06. The van der Waals surface area contributed by atoms with Crippen molar-refractivity contribution in [2.24, 2.45) is 0 Å². The Kier molecular flexibility index (Phi) is 3.11. The third kappa shape index (κ3) is 2.34. The molecule has 0 saturated heterocycles. The van der Waals surface area contributed by atoms with Crippen LogP contribution in [0.3, 0.4) is 0 Å². The van der Waals surface area contributed by atoms with Gasteiger partial charge in [0.15, 0.2) is 11.6 Å². The summed E-state index contributed by atoms with van der Waals surface area (Å²) < 4.78 is 71.1. The van der Waals surface area contributed by atoms with Gasteiger partial charge in [0.2, 0.25) is 0 Å². The van der Waals surface area contributed by atoms with Crippen molar-refractivity contribution in [1.29, 1.82) is 0 Å². The van der Waals surface area contributed by atoms with E-state index >= 15 is 0 Å². The third-order valence-corrected chi connectivity index (χ3v) is 3.24. The third-order valence-electron chi connectivity index (χ3n) is 3.24. The summed E-state index contributed by atoms with van der Waals surface area (Å²) in [6.45, 7) is 1.32. The Labute approximate surface area is 117 Å². The Balaban J connectivity index is 2.27. The van der Waals surface area contributed by atoms with Crippen molar-refractivity contribution in [3.8, 4) is 16.9 Å². The molecule has 0 saturated carbocycles. The van der Waals surface area contributed by atoms with Crippen LogP contribution in [0.15, 0.2) is 30.3 Å². The van der Waals surface area contributed by atoms with E-state index in [1.165, 1.54) is 18.7 Å². The lowest BCUT2D eigenvalue weighted by Gasteiger charge is -2.14. The highest BCUT2D eigenvalue weighted by Crippen LogP contribution is 2.43. The molecule has 1 aliphatic heterocycles. The Morgan fingerprint density at radius 3 is 2.48 bits per heavy atom. The molecule has 0 spiro atoms. The average molecular weight is 299 g/mol. The lowest BCUT2D eigenvalue weighted by atomic mass is 9.97. The first-order valence-electron chi connectivity index (χ1n) is 6.05. The molecule has 3 rings (SSSR count). The van der Waals surface area contributed by atoms with Crippen LogP contribution in [0.1, 0.15) is 11.1 Å². The minimum atomic E-state index is -4.57. The fourth-order valence-corrected chi connectivity index (χ4v) is 2.27. The maximum absolute atomic E-state index is 13.9. The first kappa shape index (κ1) is 13.9. The largest absolute Gasteiger partial charge is 0.485 e. The Morgan fingerprint density at radius 2 is 1.76 bits per heavy atom. The van der Waals surface area contributed by atoms with E-state index in [4.69, 9.17) is 4.74 Å². The van der Waals surface area contributed by atoms with Gasteiger partial charge in [-0.2, -0.15) is 13.2 Å². The van der Waals surface area contributed by atoms with Crippen LogP contribution in [0.2, 0.25) is 0 Å². The van der Waals surface area contributed by atoms with E-state index in [1.54, 1.807) is 0 Å². The van der Waals surface area contributed by atoms with E-state index in [2.05, 4.69) is 0 Å². The second kappa shape index (κ2) is 4.72. The van der Waals surface area contributed by atoms with E-state index in [-0.39, 0.29) is 23.3 Å². The number of ether oxygens (including phenoxy) is 1. The number of alkyl halides is 3. The van der Waals surface area contributed by atoms with Gasteiger partial charge < -0.3 is 4.74 Å². The van der Waals surface area contributed by atoms with E-state index in [1.807, 2.05) is 0 Å². The standard InChI is InChI=1S/C15H8F5O/c16-12-3-1-2-10(13(12)17)11-7-9(15(18,19)20)6-8-4-5-21-14(8)11/h1-3,5-7H,4H2. The molecule has 2 aromatic carbocycles. The molecule has 1 nitrogen and oxygen atoms in total. The summed E-state index contributed by atoms with van der Waals surface area (Å²) in [4.78, 5) is 0. The molecule has 6 heteroatoms. The maximum atomic E-state index is 13.9. The van der Waals surface area contributed by atoms with Crippen LogP contribution < -0.4 is 4.74 Å². The summed E-state index contributed by atoms with van der Waals surface area (Å²) in [7, 11) is 0. The topological polar surface area (TPSA) is 9.23 Å². The minimum absolute atomic E-state index is 0.106. The number of hydrogen-bond donors (Lipinski definition) is 0. The summed E-state index contributed by atoms with van der Waals surface area (Å²) in [5, 5.41) is 0. The predicted octanol–water partition coefficient (Wildman–Crippen LogP) is 4.75. The highest BCUT2D eigenvalue weighted by molar-refractivity contribution is 5.75. The summed E-state index contributed by atoms with van der Waals surface area (Å²) in [5.41, 5.74) is -0.986. The van der Waals surface area contributed by atoms with Crippen LogP contribution in [0, 0.1) is 18.2 Å². The van der Waals surface area contributed by atoms with Crippen LogP contribution in [0.5, 0.6) is 5.75 Å². The van der Waals surface area contributed by atoms with Crippen molar-refractivity contribution in [1.82, 2.24) is 0 Å². The molecule has 0 fully saturated rings. The fraction of sp³-hybridized carbons (Fsp3) is 0.133. The van der Waals surface area contributed by atoms with E-state index < -0.39 is 23.4 Å². The zero-order valence-corrected chi connectivity index (χ0v) is 10.5. The molecule has 1 aliphatic rings. The smallest absolute Gasteiger partial charge is 0.416 e. The van der Waals surface area contributed by atoms with Gasteiger partial charge in [0, 0.05) is 17.5 Å². The molecular weight excluding hydrogens is 291 g/mol. The SMILES string of the molecule is Fc1cccc(-c2cc(C(F)(F)F)cc3c2O[CH]C3)c1F. The lowest BCUT2D eigenvalue weighted by molar-refractivity contribution is -0.137. The minimum Gasteiger partial charge on any atom is -0.485 e. The molecule has 2 aromatic rings. The van der Waals surface area contributed by atoms with Crippen LogP contribution in [0.4, 0.5) is 22.0 Å². The van der Waals surface area contributed by atoms with Gasteiger partial charge in [0.25, 0.3) is 0 Å². The summed E-state index contributed by atoms with van der Waals surface area (Å²) in [5.74, 6) is -2.19. The molecule has 0 N–H and O–H groups in total. The first-order chi connectivity index (χ1) is 9.88. The fourth-order valence-electron chi connectivity index (χ4n) is 2.27. The van der Waals surface area contributed by atoms with Crippen molar-refractivity contribution in [3.63, 3.8) is 0 Å². The summed E-state index contributed by atoms with van der Waals surface area (Å²) in [6, 6.07) is 5.09. The van der Waals surface area contributed by atoms with Crippen LogP contribution in [-0.2, 0) is 12.6 Å². The second-order valence-electron chi connectivity index (χ2n) is 4.60. The van der Waals surface area contributed by atoms with Gasteiger partial charge in [-0.25, -0.2) is 8.78 Å². The van der Waals surface area contributed by atoms with E-state index in [0.29, 0.717) is 5.56 Å². The molecule has 0 aromatic heterocycles. The Hall–Kier alpha value is -2.11. The first-order valence-corrected chi connectivity index (χ1v) is 6.05. The van der Waals surface area contributed by atoms with E-state index in [0.717, 1.165) is 18.2 Å². The highest BCUT2D eigenvalue weighted by Gasteiger charge is 2.34. The summed E-state index contributed by atoms with van der Waals surface area (Å²) in [6.07, 6.45) is -4.39. The number of fused-ring (bicyclic) bond motifs is 1. The van der Waals surface area contributed by atoms with Crippen molar-refractivity contribution in [3.05, 3.63) is 59.7 Å². The molecule has 1 heterocycles. The summed E-state index contributed by atoms with van der Waals surface area (Å²) >= 11 is 0. The van der Waals surface area contributed by atoms with Gasteiger partial charge in [-0.05, 0) is 23.8 Å². The van der Waals surface area contributed by atoms with Gasteiger partial charge in [-0.3, -0.25) is 0 Å². The zero-order valence-electron chi connectivity index (χ0n) is 10.5. The van der Waals surface area contributed by atoms with Crippen LogP contribution in [-0.4, -0.2) is 0 Å². The maximum Gasteiger partial charge on any atom is 0.416 e. The van der Waals surface area contributed by atoms with Crippen molar-refractivity contribution in [2.75, 3.05) is 0 Å². The van der Waals surface area contributed by atoms with Gasteiger partial charge in [0.05, 0.1) is 5.56 Å². The number of hydrogen-bond acceptors (Lipinski definition) is 1. The number of benzene rings is 2. The second-order valence-corrected chi connectivity index (χ2v) is 4.60. The van der Waals surface area contributed by atoms with Gasteiger partial charge in [0.1, 0.15) is 12.4 Å². The molecule has 0 amide bonds.